The van der Waals surface area contributed by atoms with Crippen LogP contribution in [0.1, 0.15) is 16.7 Å². The van der Waals surface area contributed by atoms with Crippen molar-refractivity contribution in [3.63, 3.8) is 0 Å². The second-order valence-electron chi connectivity index (χ2n) is 5.83. The van der Waals surface area contributed by atoms with Gasteiger partial charge in [0.25, 0.3) is 10.1 Å². The third kappa shape index (κ3) is 4.36. The summed E-state index contributed by atoms with van der Waals surface area (Å²) in [5, 5.41) is 0. The maximum atomic E-state index is 11.2. The van der Waals surface area contributed by atoms with Gasteiger partial charge in [-0.05, 0) is 39.9 Å². The number of hydrogen-bond donors (Lipinski definition) is 1. The van der Waals surface area contributed by atoms with Crippen molar-refractivity contribution in [2.75, 3.05) is 0 Å². The Morgan fingerprint density at radius 2 is 1.27 bits per heavy atom. The van der Waals surface area contributed by atoms with Crippen LogP contribution >= 0.6 is 0 Å². The molecule has 0 saturated carbocycles. The fourth-order valence-electron chi connectivity index (χ4n) is 2.57. The van der Waals surface area contributed by atoms with Gasteiger partial charge in [-0.2, -0.15) is 8.42 Å². The lowest BCUT2D eigenvalue weighted by Gasteiger charge is -2.03. The van der Waals surface area contributed by atoms with Crippen molar-refractivity contribution in [3.8, 4) is 11.1 Å². The third-order valence-electron chi connectivity index (χ3n) is 4.01. The van der Waals surface area contributed by atoms with Crippen LogP contribution in [0.5, 0.6) is 0 Å². The second-order valence-corrected chi connectivity index (χ2v) is 7.25. The van der Waals surface area contributed by atoms with E-state index in [2.05, 4.69) is 18.7 Å². The molecule has 0 fully saturated rings. The molecule has 0 spiro atoms. The van der Waals surface area contributed by atoms with E-state index < -0.39 is 10.1 Å². The SMILES string of the molecule is C=Cc1ccc(-c2ccc(/C=C/c3cccc(S(=O)(=O)O)c3)cc2)cc1. The minimum atomic E-state index is -4.19. The van der Waals surface area contributed by atoms with Crippen molar-refractivity contribution < 1.29 is 13.0 Å². The summed E-state index contributed by atoms with van der Waals surface area (Å²) in [5.74, 6) is 0. The maximum Gasteiger partial charge on any atom is 0.294 e. The predicted octanol–water partition coefficient (Wildman–Crippen LogP) is 5.41. The molecule has 0 amide bonds. The Hall–Kier alpha value is -2.95. The van der Waals surface area contributed by atoms with Crippen LogP contribution in [0.15, 0.2) is 84.3 Å². The molecule has 3 nitrogen and oxygen atoms in total. The summed E-state index contributed by atoms with van der Waals surface area (Å²) >= 11 is 0. The van der Waals surface area contributed by atoms with E-state index in [1.807, 2.05) is 54.6 Å². The van der Waals surface area contributed by atoms with E-state index in [0.29, 0.717) is 5.56 Å². The molecule has 0 aliphatic rings. The molecule has 130 valence electrons. The second kappa shape index (κ2) is 7.52. The predicted molar refractivity (Wildman–Crippen MR) is 107 cm³/mol. The highest BCUT2D eigenvalue weighted by Crippen LogP contribution is 2.21. The average Bonchev–Trinajstić information content (AvgIpc) is 2.66. The Morgan fingerprint density at radius 3 is 1.81 bits per heavy atom. The molecule has 0 radical (unpaired) electrons. The molecule has 1 N–H and O–H groups in total. The first kappa shape index (κ1) is 17.9. The van der Waals surface area contributed by atoms with Crippen molar-refractivity contribution in [2.24, 2.45) is 0 Å². The van der Waals surface area contributed by atoms with E-state index in [0.717, 1.165) is 22.3 Å². The molecule has 0 unspecified atom stereocenters. The third-order valence-corrected chi connectivity index (χ3v) is 4.86. The molecule has 4 heteroatoms. The zero-order valence-corrected chi connectivity index (χ0v) is 14.9. The summed E-state index contributed by atoms with van der Waals surface area (Å²) in [6.45, 7) is 3.75. The first-order valence-corrected chi connectivity index (χ1v) is 9.48. The van der Waals surface area contributed by atoms with E-state index in [1.165, 1.54) is 12.1 Å². The molecule has 0 saturated heterocycles. The maximum absolute atomic E-state index is 11.2. The number of benzene rings is 3. The van der Waals surface area contributed by atoms with Gasteiger partial charge in [0, 0.05) is 0 Å². The summed E-state index contributed by atoms with van der Waals surface area (Å²) in [6.07, 6.45) is 5.52. The van der Waals surface area contributed by atoms with Gasteiger partial charge in [-0.3, -0.25) is 4.55 Å². The lowest BCUT2D eigenvalue weighted by atomic mass is 10.0. The molecule has 26 heavy (non-hydrogen) atoms. The largest absolute Gasteiger partial charge is 0.294 e. The summed E-state index contributed by atoms with van der Waals surface area (Å²) < 4.78 is 31.5. The molecule has 0 atom stereocenters. The van der Waals surface area contributed by atoms with Gasteiger partial charge >= 0.3 is 0 Å². The van der Waals surface area contributed by atoms with E-state index in [9.17, 15) is 8.42 Å². The van der Waals surface area contributed by atoms with Crippen LogP contribution in [0.3, 0.4) is 0 Å². The van der Waals surface area contributed by atoms with Gasteiger partial charge in [0.15, 0.2) is 0 Å². The van der Waals surface area contributed by atoms with Gasteiger partial charge in [-0.1, -0.05) is 85.5 Å². The average molecular weight is 362 g/mol. The Balaban J connectivity index is 1.78. The number of rotatable bonds is 5. The summed E-state index contributed by atoms with van der Waals surface area (Å²) in [6, 6.07) is 22.4. The van der Waals surface area contributed by atoms with Crippen molar-refractivity contribution in [1.82, 2.24) is 0 Å². The molecule has 0 bridgehead atoms. The lowest BCUT2D eigenvalue weighted by molar-refractivity contribution is 0.483. The van der Waals surface area contributed by atoms with Crippen LogP contribution in [-0.2, 0) is 10.1 Å². The standard InChI is InChI=1S/C22H18O3S/c1-2-17-8-12-20(13-9-17)21-14-10-18(11-15-21)6-7-19-4-3-5-22(16-19)26(23,24)25/h2-16H,1H2,(H,23,24,25)/b7-6+. The molecular weight excluding hydrogens is 344 g/mol. The van der Waals surface area contributed by atoms with Gasteiger partial charge in [0.05, 0.1) is 4.90 Å². The van der Waals surface area contributed by atoms with Crippen molar-refractivity contribution in [1.29, 1.82) is 0 Å². The quantitative estimate of drug-likeness (QED) is 0.487. The molecule has 0 aliphatic carbocycles. The molecule has 0 aromatic heterocycles. The molecule has 0 heterocycles. The van der Waals surface area contributed by atoms with E-state index >= 15 is 0 Å². The Kier molecular flexibility index (Phi) is 5.16. The lowest BCUT2D eigenvalue weighted by Crippen LogP contribution is -1.97. The first-order chi connectivity index (χ1) is 12.5. The fourth-order valence-corrected chi connectivity index (χ4v) is 3.11. The van der Waals surface area contributed by atoms with Crippen molar-refractivity contribution in [3.05, 3.63) is 96.1 Å². The highest BCUT2D eigenvalue weighted by Gasteiger charge is 2.08. The van der Waals surface area contributed by atoms with Crippen molar-refractivity contribution >= 4 is 28.3 Å². The highest BCUT2D eigenvalue weighted by molar-refractivity contribution is 7.85. The van der Waals surface area contributed by atoms with Crippen LogP contribution in [0.4, 0.5) is 0 Å². The van der Waals surface area contributed by atoms with Gasteiger partial charge in [-0.15, -0.1) is 0 Å². The Bertz CT molecular complexity index is 1050. The number of hydrogen-bond acceptors (Lipinski definition) is 2. The zero-order chi connectivity index (χ0) is 18.6. The smallest absolute Gasteiger partial charge is 0.282 e. The molecule has 3 aromatic carbocycles. The van der Waals surface area contributed by atoms with Gasteiger partial charge in [-0.25, -0.2) is 0 Å². The molecular formula is C22H18O3S. The summed E-state index contributed by atoms with van der Waals surface area (Å²) in [7, 11) is -4.19. The van der Waals surface area contributed by atoms with Crippen LogP contribution in [-0.4, -0.2) is 13.0 Å². The first-order valence-electron chi connectivity index (χ1n) is 8.04. The van der Waals surface area contributed by atoms with E-state index in [-0.39, 0.29) is 4.90 Å². The molecule has 3 rings (SSSR count). The highest BCUT2D eigenvalue weighted by atomic mass is 32.2. The van der Waals surface area contributed by atoms with Crippen LogP contribution < -0.4 is 0 Å². The van der Waals surface area contributed by atoms with E-state index in [1.54, 1.807) is 12.1 Å². The van der Waals surface area contributed by atoms with Crippen LogP contribution in [0.2, 0.25) is 0 Å². The van der Waals surface area contributed by atoms with Gasteiger partial charge in [0.2, 0.25) is 0 Å². The monoisotopic (exact) mass is 362 g/mol. The zero-order valence-electron chi connectivity index (χ0n) is 14.0. The Morgan fingerprint density at radius 1 is 0.731 bits per heavy atom. The molecule has 3 aromatic rings. The molecule has 0 aliphatic heterocycles. The summed E-state index contributed by atoms with van der Waals surface area (Å²) in [5.41, 5.74) is 5.02. The van der Waals surface area contributed by atoms with Crippen molar-refractivity contribution in [2.45, 2.75) is 4.90 Å². The van der Waals surface area contributed by atoms with Gasteiger partial charge < -0.3 is 0 Å². The van der Waals surface area contributed by atoms with Gasteiger partial charge in [0.1, 0.15) is 0 Å². The topological polar surface area (TPSA) is 54.4 Å². The summed E-state index contributed by atoms with van der Waals surface area (Å²) in [4.78, 5) is -0.113. The minimum absolute atomic E-state index is 0.113. The van der Waals surface area contributed by atoms with Crippen LogP contribution in [0.25, 0.3) is 29.4 Å². The normalized spacial score (nSPS) is 11.6. The van der Waals surface area contributed by atoms with E-state index in [4.69, 9.17) is 4.55 Å². The van der Waals surface area contributed by atoms with Crippen LogP contribution in [0, 0.1) is 0 Å². The Labute approximate surface area is 153 Å². The minimum Gasteiger partial charge on any atom is -0.282 e. The fraction of sp³-hybridized carbons (Fsp3) is 0.